The minimum absolute atomic E-state index is 0.112. The van der Waals surface area contributed by atoms with E-state index in [0.29, 0.717) is 5.56 Å². The molecule has 2 rings (SSSR count). The van der Waals surface area contributed by atoms with Crippen molar-refractivity contribution in [2.75, 3.05) is 7.11 Å². The molecule has 2 aromatic rings. The Hall–Kier alpha value is -2.82. The second-order valence-electron chi connectivity index (χ2n) is 4.02. The number of carbonyl (C=O) groups is 1. The van der Waals surface area contributed by atoms with Gasteiger partial charge in [-0.25, -0.2) is 5.43 Å². The zero-order valence-electron chi connectivity index (χ0n) is 10.9. The van der Waals surface area contributed by atoms with Crippen LogP contribution in [0.25, 0.3) is 0 Å². The van der Waals surface area contributed by atoms with E-state index in [4.69, 9.17) is 9.84 Å². The van der Waals surface area contributed by atoms with Gasteiger partial charge in [-0.2, -0.15) is 5.10 Å². The molecule has 0 spiro atoms. The fourth-order valence-electron chi connectivity index (χ4n) is 1.56. The summed E-state index contributed by atoms with van der Waals surface area (Å²) in [5.41, 5.74) is 3.65. The summed E-state index contributed by atoms with van der Waals surface area (Å²) in [4.78, 5) is 11.7. The lowest BCUT2D eigenvalue weighted by atomic mass is 10.2. The zero-order chi connectivity index (χ0) is 14.4. The molecular weight excluding hydrogens is 256 g/mol. The molecule has 0 aliphatic rings. The number of nitrogens with zero attached hydrogens (tertiary/aromatic N) is 1. The van der Waals surface area contributed by atoms with Crippen molar-refractivity contribution in [2.45, 2.75) is 0 Å². The summed E-state index contributed by atoms with van der Waals surface area (Å²) in [6.07, 6.45) is 1.53. The van der Waals surface area contributed by atoms with E-state index in [-0.39, 0.29) is 11.7 Å². The van der Waals surface area contributed by atoms with Gasteiger partial charge < -0.3 is 9.84 Å². The number of carbonyl (C=O) groups excluding carboxylic acids is 1. The molecule has 0 radical (unpaired) electrons. The molecule has 0 aromatic heterocycles. The molecular formula is C15H14N2O3. The van der Waals surface area contributed by atoms with Gasteiger partial charge in [-0.05, 0) is 42.0 Å². The van der Waals surface area contributed by atoms with Crippen LogP contribution in [-0.4, -0.2) is 24.3 Å². The van der Waals surface area contributed by atoms with Gasteiger partial charge in [-0.1, -0.05) is 12.1 Å². The van der Waals surface area contributed by atoms with E-state index in [1.165, 1.54) is 30.5 Å². The van der Waals surface area contributed by atoms with Crippen molar-refractivity contribution in [3.05, 3.63) is 59.7 Å². The van der Waals surface area contributed by atoms with Crippen molar-refractivity contribution >= 4 is 12.1 Å². The van der Waals surface area contributed by atoms with Gasteiger partial charge in [0.05, 0.1) is 13.3 Å². The first-order valence-corrected chi connectivity index (χ1v) is 5.95. The maximum atomic E-state index is 11.7. The third-order valence-corrected chi connectivity index (χ3v) is 2.60. The summed E-state index contributed by atoms with van der Waals surface area (Å²) in [7, 11) is 1.59. The number of aromatic hydroxyl groups is 1. The van der Waals surface area contributed by atoms with Crippen LogP contribution in [0, 0.1) is 0 Å². The Morgan fingerprint density at radius 3 is 2.70 bits per heavy atom. The predicted molar refractivity (Wildman–Crippen MR) is 76.2 cm³/mol. The molecule has 2 aromatic carbocycles. The largest absolute Gasteiger partial charge is 0.508 e. The number of rotatable bonds is 4. The molecule has 0 unspecified atom stereocenters. The van der Waals surface area contributed by atoms with Gasteiger partial charge in [0.2, 0.25) is 0 Å². The third kappa shape index (κ3) is 3.58. The lowest BCUT2D eigenvalue weighted by Crippen LogP contribution is -2.17. The summed E-state index contributed by atoms with van der Waals surface area (Å²) >= 11 is 0. The van der Waals surface area contributed by atoms with Crippen LogP contribution in [-0.2, 0) is 0 Å². The standard InChI is InChI=1S/C15H14N2O3/c1-20-14-4-2-3-11(9-14)10-16-17-15(19)12-5-7-13(18)8-6-12/h2-10,18H,1H3,(H,17,19)/b16-10+. The Bertz CT molecular complexity index is 621. The van der Waals surface area contributed by atoms with Crippen molar-refractivity contribution in [1.29, 1.82) is 0 Å². The Kier molecular flexibility index (Phi) is 4.34. The van der Waals surface area contributed by atoms with E-state index in [0.717, 1.165) is 11.3 Å². The van der Waals surface area contributed by atoms with Crippen molar-refractivity contribution in [3.8, 4) is 11.5 Å². The van der Waals surface area contributed by atoms with Crippen LogP contribution in [0.15, 0.2) is 53.6 Å². The van der Waals surface area contributed by atoms with Crippen LogP contribution in [0.3, 0.4) is 0 Å². The maximum absolute atomic E-state index is 11.7. The fourth-order valence-corrected chi connectivity index (χ4v) is 1.56. The number of phenols is 1. The third-order valence-electron chi connectivity index (χ3n) is 2.60. The second kappa shape index (κ2) is 6.38. The summed E-state index contributed by atoms with van der Waals surface area (Å²) in [6, 6.07) is 13.2. The predicted octanol–water partition coefficient (Wildman–Crippen LogP) is 2.16. The zero-order valence-corrected chi connectivity index (χ0v) is 10.9. The van der Waals surface area contributed by atoms with Crippen LogP contribution in [0.5, 0.6) is 11.5 Å². The first kappa shape index (κ1) is 13.6. The number of amides is 1. The molecule has 1 amide bonds. The molecule has 20 heavy (non-hydrogen) atoms. The van der Waals surface area contributed by atoms with E-state index < -0.39 is 0 Å². The van der Waals surface area contributed by atoms with E-state index in [9.17, 15) is 4.79 Å². The van der Waals surface area contributed by atoms with Gasteiger partial charge in [0.15, 0.2) is 0 Å². The van der Waals surface area contributed by atoms with Crippen molar-refractivity contribution in [2.24, 2.45) is 5.10 Å². The summed E-state index contributed by atoms with van der Waals surface area (Å²) < 4.78 is 5.09. The van der Waals surface area contributed by atoms with E-state index in [2.05, 4.69) is 10.5 Å². The average Bonchev–Trinajstić information content (AvgIpc) is 2.48. The molecule has 102 valence electrons. The van der Waals surface area contributed by atoms with Crippen molar-refractivity contribution < 1.29 is 14.6 Å². The highest BCUT2D eigenvalue weighted by atomic mass is 16.5. The average molecular weight is 270 g/mol. The van der Waals surface area contributed by atoms with Crippen LogP contribution in [0.2, 0.25) is 0 Å². The molecule has 0 saturated heterocycles. The molecule has 0 atom stereocenters. The normalized spacial score (nSPS) is 10.4. The smallest absolute Gasteiger partial charge is 0.271 e. The van der Waals surface area contributed by atoms with Crippen LogP contribution in [0.1, 0.15) is 15.9 Å². The van der Waals surface area contributed by atoms with Crippen LogP contribution in [0.4, 0.5) is 0 Å². The first-order chi connectivity index (χ1) is 9.69. The molecule has 5 nitrogen and oxygen atoms in total. The Morgan fingerprint density at radius 2 is 2.00 bits per heavy atom. The number of nitrogens with one attached hydrogen (secondary N) is 1. The highest BCUT2D eigenvalue weighted by Gasteiger charge is 2.03. The molecule has 0 heterocycles. The lowest BCUT2D eigenvalue weighted by molar-refractivity contribution is 0.0955. The van der Waals surface area contributed by atoms with Crippen LogP contribution >= 0.6 is 0 Å². The number of benzene rings is 2. The first-order valence-electron chi connectivity index (χ1n) is 5.95. The highest BCUT2D eigenvalue weighted by molar-refractivity contribution is 5.95. The number of hydrogen-bond donors (Lipinski definition) is 2. The molecule has 0 aliphatic carbocycles. The van der Waals surface area contributed by atoms with Crippen molar-refractivity contribution in [3.63, 3.8) is 0 Å². The summed E-state index contributed by atoms with van der Waals surface area (Å²) in [6.45, 7) is 0. The van der Waals surface area contributed by atoms with Gasteiger partial charge in [-0.15, -0.1) is 0 Å². The van der Waals surface area contributed by atoms with Gasteiger partial charge >= 0.3 is 0 Å². The SMILES string of the molecule is COc1cccc(/C=N/NC(=O)c2ccc(O)cc2)c1. The molecule has 0 saturated carbocycles. The Balaban J connectivity index is 1.98. The van der Waals surface area contributed by atoms with E-state index in [1.54, 1.807) is 13.2 Å². The minimum atomic E-state index is -0.343. The number of methoxy groups -OCH3 is 1. The summed E-state index contributed by atoms with van der Waals surface area (Å²) in [5.74, 6) is 0.490. The van der Waals surface area contributed by atoms with E-state index in [1.807, 2.05) is 18.2 Å². The number of phenolic OH excluding ortho intramolecular Hbond substituents is 1. The molecule has 0 fully saturated rings. The van der Waals surface area contributed by atoms with Crippen LogP contribution < -0.4 is 10.2 Å². The monoisotopic (exact) mass is 270 g/mol. The molecule has 2 N–H and O–H groups in total. The molecule has 5 heteroatoms. The molecule has 0 bridgehead atoms. The quantitative estimate of drug-likeness (QED) is 0.660. The maximum Gasteiger partial charge on any atom is 0.271 e. The number of hydrazone groups is 1. The lowest BCUT2D eigenvalue weighted by Gasteiger charge is -2.01. The van der Waals surface area contributed by atoms with Crippen molar-refractivity contribution in [1.82, 2.24) is 5.43 Å². The fraction of sp³-hybridized carbons (Fsp3) is 0.0667. The minimum Gasteiger partial charge on any atom is -0.508 e. The Labute approximate surface area is 116 Å². The van der Waals surface area contributed by atoms with Gasteiger partial charge in [0.25, 0.3) is 5.91 Å². The second-order valence-corrected chi connectivity index (χ2v) is 4.02. The highest BCUT2D eigenvalue weighted by Crippen LogP contribution is 2.11. The topological polar surface area (TPSA) is 70.9 Å². The Morgan fingerprint density at radius 1 is 1.25 bits per heavy atom. The number of ether oxygens (including phenoxy) is 1. The summed E-state index contributed by atoms with van der Waals surface area (Å²) in [5, 5.41) is 13.0. The molecule has 0 aliphatic heterocycles. The number of hydrogen-bond acceptors (Lipinski definition) is 4. The van der Waals surface area contributed by atoms with Gasteiger partial charge in [-0.3, -0.25) is 4.79 Å². The van der Waals surface area contributed by atoms with Gasteiger partial charge in [0, 0.05) is 5.56 Å². The van der Waals surface area contributed by atoms with E-state index >= 15 is 0 Å². The van der Waals surface area contributed by atoms with Gasteiger partial charge in [0.1, 0.15) is 11.5 Å².